The molecule has 3 heterocycles. The summed E-state index contributed by atoms with van der Waals surface area (Å²) >= 11 is 0. The van der Waals surface area contributed by atoms with Crippen LogP contribution >= 0.6 is 0 Å². The van der Waals surface area contributed by atoms with Crippen LogP contribution in [0.1, 0.15) is 54.7 Å². The molecule has 1 aromatic heterocycles. The maximum atomic E-state index is 12.7. The van der Waals surface area contributed by atoms with Crippen molar-refractivity contribution in [2.24, 2.45) is 5.92 Å². The molecule has 3 fully saturated rings. The van der Waals surface area contributed by atoms with Crippen molar-refractivity contribution in [1.82, 2.24) is 24.9 Å². The van der Waals surface area contributed by atoms with Gasteiger partial charge in [-0.05, 0) is 44.1 Å². The molecule has 1 aromatic rings. The van der Waals surface area contributed by atoms with E-state index < -0.39 is 0 Å². The number of hydrogen-bond donors (Lipinski definition) is 1. The molecule has 5 rings (SSSR count). The summed E-state index contributed by atoms with van der Waals surface area (Å²) in [6.07, 6.45) is 6.77. The van der Waals surface area contributed by atoms with Crippen LogP contribution in [0.15, 0.2) is 6.07 Å². The van der Waals surface area contributed by atoms with Gasteiger partial charge in [0, 0.05) is 38.1 Å². The average Bonchev–Trinajstić information content (AvgIpc) is 3.07. The Balaban J connectivity index is 1.16. The molecular weight excluding hydrogens is 330 g/mol. The first kappa shape index (κ1) is 16.3. The van der Waals surface area contributed by atoms with Gasteiger partial charge in [0.2, 0.25) is 5.91 Å². The van der Waals surface area contributed by atoms with Crippen molar-refractivity contribution >= 4 is 11.8 Å². The zero-order valence-corrected chi connectivity index (χ0v) is 15.2. The van der Waals surface area contributed by atoms with Gasteiger partial charge in [-0.25, -0.2) is 0 Å². The number of fused-ring (bicyclic) bond motifs is 3. The number of amides is 2. The molecule has 0 aromatic carbocycles. The van der Waals surface area contributed by atoms with Crippen LogP contribution in [0.3, 0.4) is 0 Å². The molecular formula is C19H27N5O2. The van der Waals surface area contributed by atoms with Crippen molar-refractivity contribution in [3.8, 4) is 0 Å². The number of likely N-dealkylation sites (tertiary alicyclic amines) is 1. The molecule has 0 spiro atoms. The summed E-state index contributed by atoms with van der Waals surface area (Å²) in [5.74, 6) is 1.01. The van der Waals surface area contributed by atoms with Crippen molar-refractivity contribution in [2.75, 3.05) is 19.6 Å². The summed E-state index contributed by atoms with van der Waals surface area (Å²) in [5.41, 5.74) is 1.44. The monoisotopic (exact) mass is 357 g/mol. The van der Waals surface area contributed by atoms with Crippen LogP contribution in [0, 0.1) is 5.92 Å². The zero-order valence-electron chi connectivity index (χ0n) is 15.2. The quantitative estimate of drug-likeness (QED) is 0.853. The van der Waals surface area contributed by atoms with Crippen molar-refractivity contribution in [2.45, 2.75) is 63.7 Å². The maximum absolute atomic E-state index is 12.7. The van der Waals surface area contributed by atoms with Gasteiger partial charge < -0.3 is 10.2 Å². The van der Waals surface area contributed by atoms with Crippen molar-refractivity contribution in [1.29, 1.82) is 0 Å². The van der Waals surface area contributed by atoms with Crippen molar-refractivity contribution in [3.63, 3.8) is 0 Å². The third kappa shape index (κ3) is 3.13. The van der Waals surface area contributed by atoms with Gasteiger partial charge in [0.15, 0.2) is 5.69 Å². The third-order valence-corrected chi connectivity index (χ3v) is 6.43. The van der Waals surface area contributed by atoms with E-state index in [4.69, 9.17) is 0 Å². The maximum Gasteiger partial charge on any atom is 0.272 e. The van der Waals surface area contributed by atoms with Crippen LogP contribution < -0.4 is 5.32 Å². The lowest BCUT2D eigenvalue weighted by molar-refractivity contribution is -0.133. The van der Waals surface area contributed by atoms with Crippen molar-refractivity contribution in [3.05, 3.63) is 17.5 Å². The van der Waals surface area contributed by atoms with Gasteiger partial charge in [0.1, 0.15) is 0 Å². The Bertz CT molecular complexity index is 726. The van der Waals surface area contributed by atoms with Gasteiger partial charge in [0.25, 0.3) is 5.91 Å². The molecule has 2 aliphatic carbocycles. The van der Waals surface area contributed by atoms with Gasteiger partial charge in [-0.2, -0.15) is 5.10 Å². The number of aromatic nitrogens is 2. The number of hydrogen-bond acceptors (Lipinski definition) is 4. The van der Waals surface area contributed by atoms with E-state index >= 15 is 0 Å². The fourth-order valence-electron chi connectivity index (χ4n) is 4.78. The first-order valence-corrected chi connectivity index (χ1v) is 10.0. The highest BCUT2D eigenvalue weighted by Crippen LogP contribution is 2.37. The molecule has 0 unspecified atom stereocenters. The molecule has 0 radical (unpaired) electrons. The van der Waals surface area contributed by atoms with E-state index in [0.717, 1.165) is 37.0 Å². The van der Waals surface area contributed by atoms with Crippen molar-refractivity contribution < 1.29 is 9.59 Å². The number of rotatable bonds is 5. The number of carbonyl (C=O) groups is 2. The second-order valence-corrected chi connectivity index (χ2v) is 8.38. The predicted molar refractivity (Wildman–Crippen MR) is 95.5 cm³/mol. The number of piperidine rings is 1. The minimum Gasteiger partial charge on any atom is -0.348 e. The van der Waals surface area contributed by atoms with E-state index in [1.807, 2.05) is 15.6 Å². The highest BCUT2D eigenvalue weighted by Gasteiger charge is 2.37. The molecule has 26 heavy (non-hydrogen) atoms. The largest absolute Gasteiger partial charge is 0.348 e. The van der Waals surface area contributed by atoms with Crippen LogP contribution in [0.2, 0.25) is 0 Å². The lowest BCUT2D eigenvalue weighted by Crippen LogP contribution is -2.41. The summed E-state index contributed by atoms with van der Waals surface area (Å²) in [6.45, 7) is 4.00. The van der Waals surface area contributed by atoms with E-state index in [0.29, 0.717) is 37.8 Å². The van der Waals surface area contributed by atoms with Gasteiger partial charge in [-0.1, -0.05) is 0 Å². The molecule has 2 atom stereocenters. The van der Waals surface area contributed by atoms with Gasteiger partial charge in [0.05, 0.1) is 18.8 Å². The Morgan fingerprint density at radius 1 is 1.19 bits per heavy atom. The van der Waals surface area contributed by atoms with Gasteiger partial charge >= 0.3 is 0 Å². The first-order valence-electron chi connectivity index (χ1n) is 10.0. The Kier molecular flexibility index (Phi) is 3.99. The molecule has 1 N–H and O–H groups in total. The lowest BCUT2D eigenvalue weighted by atomic mass is 10.1. The number of nitrogens with one attached hydrogen (secondary N) is 1. The van der Waals surface area contributed by atoms with Crippen LogP contribution in [0.5, 0.6) is 0 Å². The standard InChI is InChI=1S/C19H27N5O2/c25-18(5-6-22-11-13-1-4-15(22)9-13)23-7-8-24-16(12-23)10-17(21-24)19(26)20-14-2-3-14/h10,13-15H,1-9,11-12H2,(H,20,26)/t13-,15-/m1/s1. The highest BCUT2D eigenvalue weighted by atomic mass is 16.2. The SMILES string of the molecule is O=C(NC1CC1)c1cc2n(n1)CCN(C(=O)CCN1C[C@@H]3CC[C@@H]1C3)C2. The van der Waals surface area contributed by atoms with Gasteiger partial charge in [-0.3, -0.25) is 19.2 Å². The minimum absolute atomic E-state index is 0.0867. The van der Waals surface area contributed by atoms with Crippen LogP contribution in [0.4, 0.5) is 0 Å². The molecule has 2 amide bonds. The Hall–Kier alpha value is -1.89. The third-order valence-electron chi connectivity index (χ3n) is 6.43. The number of carbonyl (C=O) groups excluding carboxylic acids is 2. The second-order valence-electron chi connectivity index (χ2n) is 8.38. The van der Waals surface area contributed by atoms with E-state index in [2.05, 4.69) is 15.3 Å². The fraction of sp³-hybridized carbons (Fsp3) is 0.737. The molecule has 1 saturated heterocycles. The summed E-state index contributed by atoms with van der Waals surface area (Å²) in [5, 5.41) is 7.40. The molecule has 2 saturated carbocycles. The molecule has 140 valence electrons. The Morgan fingerprint density at radius 2 is 2.08 bits per heavy atom. The molecule has 7 nitrogen and oxygen atoms in total. The van der Waals surface area contributed by atoms with E-state index in [1.54, 1.807) is 0 Å². The summed E-state index contributed by atoms with van der Waals surface area (Å²) in [7, 11) is 0. The minimum atomic E-state index is -0.0867. The second kappa shape index (κ2) is 6.37. The Morgan fingerprint density at radius 3 is 2.81 bits per heavy atom. The summed E-state index contributed by atoms with van der Waals surface area (Å²) in [6, 6.07) is 2.90. The Labute approximate surface area is 153 Å². The van der Waals surface area contributed by atoms with Crippen LogP contribution in [-0.2, 0) is 17.9 Å². The summed E-state index contributed by atoms with van der Waals surface area (Å²) < 4.78 is 1.88. The molecule has 2 bridgehead atoms. The fourth-order valence-corrected chi connectivity index (χ4v) is 4.78. The van der Waals surface area contributed by atoms with Crippen LogP contribution in [0.25, 0.3) is 0 Å². The zero-order chi connectivity index (χ0) is 17.7. The predicted octanol–water partition coefficient (Wildman–Crippen LogP) is 0.992. The molecule has 7 heteroatoms. The topological polar surface area (TPSA) is 70.5 Å². The van der Waals surface area contributed by atoms with E-state index in [-0.39, 0.29) is 11.8 Å². The normalized spacial score (nSPS) is 27.6. The first-order chi connectivity index (χ1) is 12.7. The van der Waals surface area contributed by atoms with Crippen LogP contribution in [-0.4, -0.2) is 63.1 Å². The van der Waals surface area contributed by atoms with Gasteiger partial charge in [-0.15, -0.1) is 0 Å². The smallest absolute Gasteiger partial charge is 0.272 e. The lowest BCUT2D eigenvalue weighted by Gasteiger charge is -2.30. The number of nitrogens with zero attached hydrogens (tertiary/aromatic N) is 4. The average molecular weight is 357 g/mol. The van der Waals surface area contributed by atoms with E-state index in [1.165, 1.54) is 25.8 Å². The summed E-state index contributed by atoms with van der Waals surface area (Å²) in [4.78, 5) is 29.3. The molecule has 2 aliphatic heterocycles. The molecule has 4 aliphatic rings. The highest BCUT2D eigenvalue weighted by molar-refractivity contribution is 5.92. The van der Waals surface area contributed by atoms with E-state index in [9.17, 15) is 9.59 Å².